The van der Waals surface area contributed by atoms with Crippen LogP contribution >= 0.6 is 45.9 Å². The van der Waals surface area contributed by atoms with Gasteiger partial charge >= 0.3 is 0 Å². The van der Waals surface area contributed by atoms with Crippen LogP contribution in [0.2, 0.25) is 10.0 Å². The minimum absolute atomic E-state index is 0.0505. The van der Waals surface area contributed by atoms with Gasteiger partial charge < -0.3 is 18.9 Å². The molecule has 0 bridgehead atoms. The number of sulfonamides is 2. The van der Waals surface area contributed by atoms with E-state index in [1.807, 2.05) is 6.92 Å². The van der Waals surface area contributed by atoms with E-state index in [0.29, 0.717) is 104 Å². The molecule has 8 aromatic rings. The first-order valence-electron chi connectivity index (χ1n) is 21.4. The average molecular weight is 1080 g/mol. The topological polar surface area (TPSA) is 196 Å². The van der Waals surface area contributed by atoms with Crippen LogP contribution < -0.4 is 38.2 Å². The highest BCUT2D eigenvalue weighted by atomic mass is 35.5. The molecule has 2 amide bonds. The van der Waals surface area contributed by atoms with Gasteiger partial charge in [0.25, 0.3) is 11.8 Å². The summed E-state index contributed by atoms with van der Waals surface area (Å²) in [7, 11) is -0.807. The van der Waals surface area contributed by atoms with Crippen LogP contribution in [-0.4, -0.2) is 79.1 Å². The maximum atomic E-state index is 13.8. The third-order valence-corrected chi connectivity index (χ3v) is 15.0. The third-order valence-electron chi connectivity index (χ3n) is 10.3. The fraction of sp³-hybridized carbons (Fsp3) is 0.184. The van der Waals surface area contributed by atoms with Gasteiger partial charge in [-0.1, -0.05) is 83.5 Å². The lowest BCUT2D eigenvalue weighted by Gasteiger charge is -2.22. The molecule has 16 nitrogen and oxygen atoms in total. The number of amides is 2. The summed E-state index contributed by atoms with van der Waals surface area (Å²) in [6, 6.07) is 33.8. The molecule has 0 radical (unpaired) electrons. The van der Waals surface area contributed by atoms with Crippen LogP contribution in [0.1, 0.15) is 40.5 Å². The molecule has 0 spiro atoms. The molecule has 2 heterocycles. The number of hydrogen-bond donors (Lipinski definition) is 2. The first-order chi connectivity index (χ1) is 34.0. The third kappa shape index (κ3) is 12.4. The predicted octanol–water partition coefficient (Wildman–Crippen LogP) is 11.8. The molecule has 6 aromatic carbocycles. The Morgan fingerprint density at radius 2 is 1.00 bits per heavy atom. The molecule has 2 aromatic heterocycles. The van der Waals surface area contributed by atoms with E-state index in [2.05, 4.69) is 19.4 Å². The van der Waals surface area contributed by atoms with E-state index < -0.39 is 20.0 Å². The van der Waals surface area contributed by atoms with E-state index in [-0.39, 0.29) is 17.6 Å². The number of ether oxygens (including phenoxy) is 4. The number of benzene rings is 6. The number of fused-ring (bicyclic) bond motifs is 2. The Bertz CT molecular complexity index is 3480. The summed E-state index contributed by atoms with van der Waals surface area (Å²) >= 11 is 15.2. The molecule has 0 unspecified atom stereocenters. The van der Waals surface area contributed by atoms with Crippen molar-refractivity contribution in [3.05, 3.63) is 142 Å². The number of anilines is 6. The van der Waals surface area contributed by atoms with Gasteiger partial charge in [-0.15, -0.1) is 0 Å². The molecule has 0 saturated carbocycles. The summed E-state index contributed by atoms with van der Waals surface area (Å²) < 4.78 is 76.0. The molecule has 2 N–H and O–H groups in total. The number of carbonyl (C=O) groups excluding carboxylic acids is 2. The molecule has 0 aliphatic rings. The van der Waals surface area contributed by atoms with Gasteiger partial charge in [0.05, 0.1) is 105 Å². The van der Waals surface area contributed by atoms with Crippen molar-refractivity contribution < 1.29 is 45.4 Å². The number of methoxy groups -OCH3 is 4. The smallest absolute Gasteiger partial charge is 0.266 e. The Morgan fingerprint density at radius 1 is 0.577 bits per heavy atom. The summed E-state index contributed by atoms with van der Waals surface area (Å²) in [6.45, 7) is 1.94. The number of unbranched alkanes of at least 4 members (excludes halogenated alkanes) is 1. The second-order valence-electron chi connectivity index (χ2n) is 15.3. The van der Waals surface area contributed by atoms with Gasteiger partial charge in [-0.05, 0) is 91.3 Å². The minimum atomic E-state index is -3.46. The van der Waals surface area contributed by atoms with Crippen LogP contribution in [0.25, 0.3) is 20.4 Å². The van der Waals surface area contributed by atoms with Crippen molar-refractivity contribution in [3.63, 3.8) is 0 Å². The number of carbonyl (C=O) groups is 2. The van der Waals surface area contributed by atoms with Gasteiger partial charge in [0.1, 0.15) is 0 Å². The predicted molar refractivity (Wildman–Crippen MR) is 285 cm³/mol. The summed E-state index contributed by atoms with van der Waals surface area (Å²) in [6.07, 6.45) is 2.44. The Hall–Kier alpha value is -6.68. The number of rotatable bonds is 17. The molecule has 0 atom stereocenters. The van der Waals surface area contributed by atoms with Gasteiger partial charge in [-0.2, -0.15) is 0 Å². The summed E-state index contributed by atoms with van der Waals surface area (Å²) in [5.74, 6) is 1.20. The van der Waals surface area contributed by atoms with Crippen molar-refractivity contribution in [3.8, 4) is 23.0 Å². The number of aromatic nitrogens is 2. The van der Waals surface area contributed by atoms with Crippen molar-refractivity contribution in [2.45, 2.75) is 19.8 Å². The minimum Gasteiger partial charge on any atom is -0.493 e. The van der Waals surface area contributed by atoms with Gasteiger partial charge in [0, 0.05) is 12.1 Å². The molecule has 22 heteroatoms. The summed E-state index contributed by atoms with van der Waals surface area (Å²) in [4.78, 5) is 39.7. The van der Waals surface area contributed by atoms with Gasteiger partial charge in [0.2, 0.25) is 20.0 Å². The maximum Gasteiger partial charge on any atom is 0.266 e. The van der Waals surface area contributed by atoms with E-state index in [0.717, 1.165) is 12.7 Å². The molecule has 0 aliphatic heterocycles. The van der Waals surface area contributed by atoms with Crippen LogP contribution in [-0.2, 0) is 20.0 Å². The summed E-state index contributed by atoms with van der Waals surface area (Å²) in [5, 5.41) is 1.38. The number of hydrogen-bond acceptors (Lipinski definition) is 14. The van der Waals surface area contributed by atoms with Crippen molar-refractivity contribution in [1.29, 1.82) is 0 Å². The van der Waals surface area contributed by atoms with Crippen LogP contribution in [0.15, 0.2) is 121 Å². The first-order valence-corrected chi connectivity index (χ1v) is 27.3. The molecule has 8 rings (SSSR count). The lowest BCUT2D eigenvalue weighted by Crippen LogP contribution is -2.26. The van der Waals surface area contributed by atoms with Gasteiger partial charge in [-0.25, -0.2) is 26.8 Å². The van der Waals surface area contributed by atoms with Crippen molar-refractivity contribution >= 4 is 131 Å². The van der Waals surface area contributed by atoms with Crippen LogP contribution in [0.5, 0.6) is 23.0 Å². The molecule has 0 aliphatic carbocycles. The molecule has 0 saturated heterocycles. The highest BCUT2D eigenvalue weighted by molar-refractivity contribution is 7.92. The zero-order valence-electron chi connectivity index (χ0n) is 38.9. The highest BCUT2D eigenvalue weighted by Crippen LogP contribution is 2.42. The zero-order valence-corrected chi connectivity index (χ0v) is 43.7. The van der Waals surface area contributed by atoms with Crippen molar-refractivity contribution in [2.75, 3.05) is 59.7 Å². The average Bonchev–Trinajstić information content (AvgIpc) is 3.96. The molecule has 0 fully saturated rings. The van der Waals surface area contributed by atoms with Gasteiger partial charge in [-0.3, -0.25) is 28.8 Å². The van der Waals surface area contributed by atoms with E-state index in [9.17, 15) is 26.4 Å². The lowest BCUT2D eigenvalue weighted by atomic mass is 10.1. The summed E-state index contributed by atoms with van der Waals surface area (Å²) in [5.41, 5.74) is 3.68. The zero-order chi connectivity index (χ0) is 51.0. The second-order valence-corrected chi connectivity index (χ2v) is 21.7. The van der Waals surface area contributed by atoms with E-state index in [4.69, 9.17) is 42.1 Å². The molecule has 71 heavy (non-hydrogen) atoms. The van der Waals surface area contributed by atoms with Crippen LogP contribution in [0, 0.1) is 0 Å². The Balaban J connectivity index is 0.000000209. The largest absolute Gasteiger partial charge is 0.493 e. The Morgan fingerprint density at radius 3 is 1.39 bits per heavy atom. The fourth-order valence-corrected chi connectivity index (χ4v) is 11.3. The monoisotopic (exact) mass is 1080 g/mol. The van der Waals surface area contributed by atoms with Crippen LogP contribution in [0.4, 0.5) is 33.0 Å². The van der Waals surface area contributed by atoms with E-state index in [1.165, 1.54) is 60.9 Å². The normalized spacial score (nSPS) is 11.3. The molecular formula is C49H46Cl2N6O10S4. The SMILES string of the molecule is CCCCS(=O)(=O)Nc1ccc2nc(N(C(=O)c3ccccc3Cl)c3ccc(OC)c(OC)c3)sc2c1.COc1ccc(N(C(=O)c2ccccc2Cl)c2nc3ccc(NS(C)(=O)=O)cc3s2)cc1OC. The number of thiazole rings is 2. The van der Waals surface area contributed by atoms with Crippen molar-refractivity contribution in [1.82, 2.24) is 9.97 Å². The lowest BCUT2D eigenvalue weighted by molar-refractivity contribution is 0.0991. The van der Waals surface area contributed by atoms with E-state index >= 15 is 0 Å². The Labute approximate surface area is 428 Å². The fourth-order valence-electron chi connectivity index (χ4n) is 6.99. The number of halogens is 2. The number of nitrogens with zero attached hydrogens (tertiary/aromatic N) is 4. The molecular weight excluding hydrogens is 1030 g/mol. The Kier molecular flexibility index (Phi) is 16.6. The van der Waals surface area contributed by atoms with Crippen LogP contribution in [0.3, 0.4) is 0 Å². The van der Waals surface area contributed by atoms with Crippen molar-refractivity contribution in [2.24, 2.45) is 0 Å². The number of nitrogens with one attached hydrogen (secondary N) is 2. The second kappa shape index (κ2) is 22.6. The first kappa shape index (κ1) is 52.2. The van der Waals surface area contributed by atoms with E-state index in [1.54, 1.807) is 121 Å². The standard InChI is InChI=1S/C26H26ClN3O5S2.C23H20ClN3O5S2/c1-4-5-14-37(32,33)29-17-10-12-21-24(15-17)36-26(28-21)30(25(31)19-8-6-7-9-20(19)27)18-11-13-22(34-2)23(16-18)35-3;1-31-19-11-9-15(13-20(19)32-2)27(22(28)16-6-4-5-7-17(16)24)23-25-18-10-8-14(12-21(18)33-23)26-34(3,29)30/h6-13,15-16,29H,4-5,14H2,1-3H3;4-13,26H,1-3H3. The highest BCUT2D eigenvalue weighted by Gasteiger charge is 2.28. The van der Waals surface area contributed by atoms with Gasteiger partial charge in [0.15, 0.2) is 33.3 Å². The molecule has 370 valence electrons. The maximum absolute atomic E-state index is 13.8. The quantitative estimate of drug-likeness (QED) is 0.0877.